The average molecular weight is 404 g/mol. The van der Waals surface area contributed by atoms with E-state index < -0.39 is 5.82 Å². The van der Waals surface area contributed by atoms with Crippen molar-refractivity contribution in [2.75, 3.05) is 4.90 Å². The highest BCUT2D eigenvalue weighted by Crippen LogP contribution is 2.50. The number of halogens is 2. The second-order valence-electron chi connectivity index (χ2n) is 7.77. The Kier molecular flexibility index (Phi) is 3.90. The standard InChI is InChI=1S/C20H19ClFN3O3/c1-9-18(10(2)24(23-9)8-11-3-4-12(22)7-13(11)21)25-19(26)16-14-5-6-15(28-14)17(16)20(25)27/h3-4,7,14-17H,5-6,8H2,1-2H3/t14-,15-,16-,17-/m0/s1. The number of carbonyl (C=O) groups excluding carboxylic acids is 2. The minimum absolute atomic E-state index is 0.148. The highest BCUT2D eigenvalue weighted by Gasteiger charge is 2.63. The molecule has 8 heteroatoms. The van der Waals surface area contributed by atoms with Crippen molar-refractivity contribution in [2.24, 2.45) is 11.8 Å². The van der Waals surface area contributed by atoms with Crippen LogP contribution >= 0.6 is 11.6 Å². The quantitative estimate of drug-likeness (QED) is 0.739. The predicted molar refractivity (Wildman–Crippen MR) is 99.6 cm³/mol. The Hall–Kier alpha value is -2.25. The monoisotopic (exact) mass is 403 g/mol. The summed E-state index contributed by atoms with van der Waals surface area (Å²) in [7, 11) is 0. The summed E-state index contributed by atoms with van der Waals surface area (Å²) in [6.45, 7) is 3.93. The fourth-order valence-corrected chi connectivity index (χ4v) is 5.14. The van der Waals surface area contributed by atoms with Gasteiger partial charge in [-0.05, 0) is 44.4 Å². The number of aryl methyl sites for hydroxylation is 1. The van der Waals surface area contributed by atoms with Crippen LogP contribution in [0.4, 0.5) is 10.1 Å². The Labute approximate surface area is 166 Å². The molecule has 0 saturated carbocycles. The largest absolute Gasteiger partial charge is 0.373 e. The van der Waals surface area contributed by atoms with Gasteiger partial charge in [-0.2, -0.15) is 5.10 Å². The topological polar surface area (TPSA) is 64.4 Å². The Morgan fingerprint density at radius 2 is 1.82 bits per heavy atom. The van der Waals surface area contributed by atoms with E-state index in [9.17, 15) is 14.0 Å². The molecule has 3 saturated heterocycles. The lowest BCUT2D eigenvalue weighted by Gasteiger charge is -2.18. The van der Waals surface area contributed by atoms with Crippen molar-refractivity contribution in [1.82, 2.24) is 9.78 Å². The fraction of sp³-hybridized carbons (Fsp3) is 0.450. The van der Waals surface area contributed by atoms with Crippen LogP contribution in [0.1, 0.15) is 29.8 Å². The molecule has 5 rings (SSSR count). The van der Waals surface area contributed by atoms with Gasteiger partial charge in [0.1, 0.15) is 5.82 Å². The van der Waals surface area contributed by atoms with Gasteiger partial charge in [0.2, 0.25) is 11.8 Å². The van der Waals surface area contributed by atoms with Gasteiger partial charge in [-0.15, -0.1) is 0 Å². The van der Waals surface area contributed by atoms with Gasteiger partial charge in [0.05, 0.1) is 47.7 Å². The van der Waals surface area contributed by atoms with Gasteiger partial charge in [0.15, 0.2) is 0 Å². The molecular formula is C20H19ClFN3O3. The number of carbonyl (C=O) groups is 2. The molecule has 3 aliphatic rings. The van der Waals surface area contributed by atoms with E-state index >= 15 is 0 Å². The van der Waals surface area contributed by atoms with Crippen molar-refractivity contribution >= 4 is 29.1 Å². The molecule has 146 valence electrons. The number of aromatic nitrogens is 2. The van der Waals surface area contributed by atoms with E-state index in [4.69, 9.17) is 16.3 Å². The number of fused-ring (bicyclic) bond motifs is 5. The van der Waals surface area contributed by atoms with E-state index in [2.05, 4.69) is 5.10 Å². The first-order chi connectivity index (χ1) is 13.4. The third-order valence-corrected chi connectivity index (χ3v) is 6.54. The molecule has 4 heterocycles. The van der Waals surface area contributed by atoms with Crippen LogP contribution in [-0.4, -0.2) is 33.8 Å². The van der Waals surface area contributed by atoms with Crippen LogP contribution in [-0.2, 0) is 20.9 Å². The maximum atomic E-state index is 13.3. The number of amides is 2. The minimum Gasteiger partial charge on any atom is -0.373 e. The van der Waals surface area contributed by atoms with Gasteiger partial charge < -0.3 is 4.74 Å². The van der Waals surface area contributed by atoms with E-state index in [-0.39, 0.29) is 35.9 Å². The molecule has 0 unspecified atom stereocenters. The van der Waals surface area contributed by atoms with Gasteiger partial charge >= 0.3 is 0 Å². The van der Waals surface area contributed by atoms with Crippen molar-refractivity contribution in [2.45, 2.75) is 45.4 Å². The molecule has 0 spiro atoms. The second kappa shape index (κ2) is 6.12. The highest BCUT2D eigenvalue weighted by atomic mass is 35.5. The number of hydrogen-bond donors (Lipinski definition) is 0. The molecule has 2 bridgehead atoms. The maximum Gasteiger partial charge on any atom is 0.240 e. The predicted octanol–water partition coefficient (Wildman–Crippen LogP) is 3.01. The first kappa shape index (κ1) is 17.8. The van der Waals surface area contributed by atoms with Gasteiger partial charge in [0.25, 0.3) is 0 Å². The Morgan fingerprint density at radius 1 is 1.18 bits per heavy atom. The molecule has 4 atom stereocenters. The first-order valence-electron chi connectivity index (χ1n) is 9.38. The van der Waals surface area contributed by atoms with Crippen molar-refractivity contribution in [3.05, 3.63) is 46.0 Å². The zero-order chi connectivity index (χ0) is 19.7. The van der Waals surface area contributed by atoms with Crippen molar-refractivity contribution in [1.29, 1.82) is 0 Å². The molecule has 1 aromatic carbocycles. The van der Waals surface area contributed by atoms with Crippen LogP contribution in [0.15, 0.2) is 18.2 Å². The molecule has 0 aliphatic carbocycles. The van der Waals surface area contributed by atoms with Crippen LogP contribution in [0.25, 0.3) is 0 Å². The molecule has 2 aromatic rings. The van der Waals surface area contributed by atoms with Crippen molar-refractivity contribution in [3.63, 3.8) is 0 Å². The molecule has 3 fully saturated rings. The van der Waals surface area contributed by atoms with Gasteiger partial charge in [-0.1, -0.05) is 17.7 Å². The van der Waals surface area contributed by atoms with Crippen molar-refractivity contribution < 1.29 is 18.7 Å². The molecule has 0 N–H and O–H groups in total. The van der Waals surface area contributed by atoms with E-state index in [0.29, 0.717) is 34.2 Å². The summed E-state index contributed by atoms with van der Waals surface area (Å²) in [6, 6.07) is 4.21. The minimum atomic E-state index is -0.403. The molecule has 2 amide bonds. The lowest BCUT2D eigenvalue weighted by atomic mass is 9.81. The fourth-order valence-electron chi connectivity index (χ4n) is 4.91. The third kappa shape index (κ3) is 2.39. The molecule has 0 radical (unpaired) electrons. The number of imide groups is 1. The number of anilines is 1. The molecule has 1 aromatic heterocycles. The van der Waals surface area contributed by atoms with E-state index in [1.54, 1.807) is 17.7 Å². The number of nitrogens with zero attached hydrogens (tertiary/aromatic N) is 3. The summed E-state index contributed by atoms with van der Waals surface area (Å²) >= 11 is 6.14. The lowest BCUT2D eigenvalue weighted by molar-refractivity contribution is -0.124. The average Bonchev–Trinajstić information content (AvgIpc) is 3.37. The SMILES string of the molecule is Cc1nn(Cc2ccc(F)cc2Cl)c(C)c1N1C(=O)[C@@H]2[C@@H](C1=O)[C@@H]1CC[C@@H]2O1. The summed E-state index contributed by atoms with van der Waals surface area (Å²) in [6.07, 6.45) is 1.37. The van der Waals surface area contributed by atoms with Crippen LogP contribution in [0.5, 0.6) is 0 Å². The Bertz CT molecular complexity index is 992. The molecule has 3 aliphatic heterocycles. The normalized spacial score (nSPS) is 28.5. The molecular weight excluding hydrogens is 385 g/mol. The molecule has 6 nitrogen and oxygen atoms in total. The number of rotatable bonds is 3. The Balaban J connectivity index is 1.50. The number of ether oxygens (including phenoxy) is 1. The van der Waals surface area contributed by atoms with Gasteiger partial charge in [-0.3, -0.25) is 14.3 Å². The van der Waals surface area contributed by atoms with Gasteiger partial charge in [-0.25, -0.2) is 9.29 Å². The van der Waals surface area contributed by atoms with Crippen LogP contribution in [0.3, 0.4) is 0 Å². The van der Waals surface area contributed by atoms with Gasteiger partial charge in [0, 0.05) is 5.02 Å². The zero-order valence-electron chi connectivity index (χ0n) is 15.5. The second-order valence-corrected chi connectivity index (χ2v) is 8.17. The summed E-state index contributed by atoms with van der Waals surface area (Å²) in [5, 5.41) is 4.83. The lowest BCUT2D eigenvalue weighted by Crippen LogP contribution is -2.35. The van der Waals surface area contributed by atoms with E-state index in [0.717, 1.165) is 12.8 Å². The third-order valence-electron chi connectivity index (χ3n) is 6.19. The van der Waals surface area contributed by atoms with Crippen LogP contribution < -0.4 is 4.90 Å². The van der Waals surface area contributed by atoms with E-state index in [1.165, 1.54) is 17.0 Å². The number of hydrogen-bond acceptors (Lipinski definition) is 4. The maximum absolute atomic E-state index is 13.3. The summed E-state index contributed by atoms with van der Waals surface area (Å²) < 4.78 is 20.8. The smallest absolute Gasteiger partial charge is 0.240 e. The summed E-state index contributed by atoms with van der Waals surface area (Å²) in [4.78, 5) is 27.5. The zero-order valence-corrected chi connectivity index (χ0v) is 16.2. The van der Waals surface area contributed by atoms with Crippen LogP contribution in [0, 0.1) is 31.5 Å². The first-order valence-corrected chi connectivity index (χ1v) is 9.76. The Morgan fingerprint density at radius 3 is 2.43 bits per heavy atom. The van der Waals surface area contributed by atoms with E-state index in [1.807, 2.05) is 6.92 Å². The summed E-state index contributed by atoms with van der Waals surface area (Å²) in [5.74, 6) is -1.53. The van der Waals surface area contributed by atoms with Crippen LogP contribution in [0.2, 0.25) is 5.02 Å². The molecule has 28 heavy (non-hydrogen) atoms. The summed E-state index contributed by atoms with van der Waals surface area (Å²) in [5.41, 5.74) is 2.56. The number of benzene rings is 1. The van der Waals surface area contributed by atoms with Crippen molar-refractivity contribution in [3.8, 4) is 0 Å². The highest BCUT2D eigenvalue weighted by molar-refractivity contribution is 6.31.